The Balaban J connectivity index is 0.000000118. The fraction of sp³-hybridized carbons (Fsp3) is 0.256. The molecule has 2 saturated carbocycles. The maximum Gasteiger partial charge on any atom is 0.235 e. The molecule has 0 radical (unpaired) electrons. The standard InChI is InChI=1S/C28H25FN4O2.2C27H23FN2O2S/c1-15-8-9-19-20(12-15)21-13-28(2,24(19)33(3)25(21)34)26(35)32-27-30-14-23(31-27)18-10-11-22(29)17-7-5-4-6-16(17)18;2*1-27(13-20-15-6-2-4-8-17(15)21(27)12-24(20)31)25(32)30-26-29-23(14-33-26)19-10-11-22(28)18-9-5-3-7-16(18)19/h4-12,14,21,24H,13H2,1-3H3,(H2,30,31,32,35);2*2-11,14,20-21,24,31H,12-13H2,1H3,(H,29,30,32). The van der Waals surface area contributed by atoms with Gasteiger partial charge in [-0.05, 0) is 132 Å². The molecule has 9 aliphatic rings. The highest BCUT2D eigenvalue weighted by molar-refractivity contribution is 7.14. The third-order valence-electron chi connectivity index (χ3n) is 22.7. The van der Waals surface area contributed by atoms with Gasteiger partial charge in [0.2, 0.25) is 29.6 Å². The summed E-state index contributed by atoms with van der Waals surface area (Å²) in [6.07, 6.45) is 3.67. The SMILES string of the molecule is CC1(C(=O)Nc2nc(-c3ccc(F)c4ccccc34)cs2)CC2c3ccccc3C1CC2O.CC1(C(=O)Nc2nc(-c3ccc(F)c4ccccc34)cs2)CC2c3ccccc3C1CC2O.Cc1ccc2c(c1)C1CC(C)(C(=O)Nc3ncc(-c4ccc(F)c5ccccc45)[nH]3)C2N(C)C1=O. The van der Waals surface area contributed by atoms with E-state index in [0.717, 1.165) is 49.5 Å². The zero-order valence-electron chi connectivity index (χ0n) is 55.9. The van der Waals surface area contributed by atoms with Gasteiger partial charge in [-0.1, -0.05) is 159 Å². The average Bonchev–Trinajstić information content (AvgIpc) is 1.10. The summed E-state index contributed by atoms with van der Waals surface area (Å²) < 4.78 is 42.7. The van der Waals surface area contributed by atoms with E-state index in [4.69, 9.17) is 0 Å². The Kier molecular flexibility index (Phi) is 16.3. The Bertz CT molecular complexity index is 5150. The molecule has 11 atom stereocenters. The number of carbonyl (C=O) groups excluding carboxylic acids is 4. The molecule has 508 valence electrons. The van der Waals surface area contributed by atoms with Crippen molar-refractivity contribution in [3.05, 3.63) is 249 Å². The van der Waals surface area contributed by atoms with Gasteiger partial charge in [-0.15, -0.1) is 22.7 Å². The molecule has 6 N–H and O–H groups in total. The number of rotatable bonds is 9. The van der Waals surface area contributed by atoms with Crippen LogP contribution >= 0.6 is 22.7 Å². The number of H-pyrrole nitrogens is 1. The molecule has 19 heteroatoms. The van der Waals surface area contributed by atoms with Crippen LogP contribution < -0.4 is 16.0 Å². The number of aliphatic hydroxyl groups is 2. The van der Waals surface area contributed by atoms with E-state index in [1.807, 2.05) is 123 Å². The van der Waals surface area contributed by atoms with Crippen molar-refractivity contribution in [1.82, 2.24) is 24.8 Å². The molecular weight excluding hydrogens is 1310 g/mol. The smallest absolute Gasteiger partial charge is 0.235 e. The second-order valence-corrected chi connectivity index (χ2v) is 30.3. The number of piperidine rings is 1. The van der Waals surface area contributed by atoms with Gasteiger partial charge in [-0.2, -0.15) is 0 Å². The van der Waals surface area contributed by atoms with Crippen LogP contribution in [-0.2, 0) is 19.2 Å². The van der Waals surface area contributed by atoms with Crippen molar-refractivity contribution in [2.45, 2.75) is 108 Å². The zero-order chi connectivity index (χ0) is 70.0. The number of nitrogens with zero attached hydrogens (tertiary/aromatic N) is 4. The number of aromatic nitrogens is 4. The summed E-state index contributed by atoms with van der Waals surface area (Å²) in [5.74, 6) is -1.22. The number of amides is 4. The highest BCUT2D eigenvalue weighted by Gasteiger charge is 2.59. The lowest BCUT2D eigenvalue weighted by atomic mass is 9.53. The Labute approximate surface area is 588 Å². The second kappa shape index (κ2) is 25.2. The van der Waals surface area contributed by atoms with Gasteiger partial charge in [0, 0.05) is 74.3 Å². The van der Waals surface area contributed by atoms with Gasteiger partial charge in [-0.25, -0.2) is 28.1 Å². The Morgan fingerprint density at radius 1 is 0.515 bits per heavy atom. The number of aryl methyl sites for hydroxylation is 1. The van der Waals surface area contributed by atoms with Crippen molar-refractivity contribution < 1.29 is 42.6 Å². The quantitative estimate of drug-likeness (QED) is 0.0813. The second-order valence-electron chi connectivity index (χ2n) is 28.6. The number of thiazole rings is 2. The predicted octanol–water partition coefficient (Wildman–Crippen LogP) is 17.5. The molecule has 4 amide bonds. The van der Waals surface area contributed by atoms with Crippen LogP contribution in [0.25, 0.3) is 66.1 Å². The van der Waals surface area contributed by atoms with Crippen molar-refractivity contribution in [3.63, 3.8) is 0 Å². The Morgan fingerprint density at radius 3 is 1.43 bits per heavy atom. The number of nitrogens with one attached hydrogen (secondary N) is 4. The molecule has 12 aromatic rings. The first-order valence-electron chi connectivity index (χ1n) is 34.0. The van der Waals surface area contributed by atoms with Crippen molar-refractivity contribution in [2.24, 2.45) is 16.2 Å². The van der Waals surface area contributed by atoms with Crippen LogP contribution in [0.4, 0.5) is 29.4 Å². The normalized spacial score (nSPS) is 24.8. The monoisotopic (exact) mass is 1380 g/mol. The predicted molar refractivity (Wildman–Crippen MR) is 390 cm³/mol. The number of anilines is 3. The molecule has 6 bridgehead atoms. The Morgan fingerprint density at radius 2 is 0.941 bits per heavy atom. The molecule has 0 spiro atoms. The summed E-state index contributed by atoms with van der Waals surface area (Å²) in [7, 11) is 1.78. The third-order valence-corrected chi connectivity index (χ3v) is 24.2. The van der Waals surface area contributed by atoms with Gasteiger partial charge in [-0.3, -0.25) is 24.5 Å². The van der Waals surface area contributed by atoms with Gasteiger partial charge in [0.15, 0.2) is 10.3 Å². The lowest BCUT2D eigenvalue weighted by molar-refractivity contribution is -0.151. The van der Waals surface area contributed by atoms with E-state index < -0.39 is 28.5 Å². The molecule has 2 aliphatic heterocycles. The molecule has 7 aliphatic carbocycles. The summed E-state index contributed by atoms with van der Waals surface area (Å²) >= 11 is 2.74. The van der Waals surface area contributed by atoms with E-state index in [-0.39, 0.29) is 76.7 Å². The van der Waals surface area contributed by atoms with Gasteiger partial charge in [0.25, 0.3) is 0 Å². The fourth-order valence-electron chi connectivity index (χ4n) is 17.5. The molecule has 5 heterocycles. The summed E-state index contributed by atoms with van der Waals surface area (Å²) in [5, 5.41) is 39.1. The van der Waals surface area contributed by atoms with Crippen molar-refractivity contribution in [1.29, 1.82) is 0 Å². The van der Waals surface area contributed by atoms with E-state index in [1.165, 1.54) is 63.1 Å². The molecule has 21 rings (SSSR count). The van der Waals surface area contributed by atoms with E-state index in [0.29, 0.717) is 81.6 Å². The van der Waals surface area contributed by atoms with Crippen molar-refractivity contribution in [2.75, 3.05) is 23.0 Å². The van der Waals surface area contributed by atoms with Gasteiger partial charge in [0.05, 0.1) is 63.7 Å². The van der Waals surface area contributed by atoms with Crippen LogP contribution in [0.2, 0.25) is 0 Å². The van der Waals surface area contributed by atoms with Crippen LogP contribution in [0.3, 0.4) is 0 Å². The highest BCUT2D eigenvalue weighted by Crippen LogP contribution is 2.61. The third kappa shape index (κ3) is 11.0. The number of aromatic amines is 1. The van der Waals surface area contributed by atoms with Crippen molar-refractivity contribution >= 4 is 94.8 Å². The molecular formula is C82H71F3N8O6S2. The first kappa shape index (κ1) is 65.4. The first-order chi connectivity index (χ1) is 48.7. The minimum atomic E-state index is -0.814. The largest absolute Gasteiger partial charge is 0.392 e. The number of halogens is 3. The number of aliphatic hydroxyl groups excluding tert-OH is 2. The fourth-order valence-corrected chi connectivity index (χ4v) is 18.9. The lowest BCUT2D eigenvalue weighted by Gasteiger charge is -2.53. The highest BCUT2D eigenvalue weighted by atomic mass is 32.1. The molecule has 14 nitrogen and oxygen atoms in total. The number of hydrogen-bond acceptors (Lipinski definition) is 11. The zero-order valence-corrected chi connectivity index (χ0v) is 57.5. The lowest BCUT2D eigenvalue weighted by Crippen LogP contribution is -2.57. The summed E-state index contributed by atoms with van der Waals surface area (Å²) in [4.78, 5) is 72.3. The molecule has 101 heavy (non-hydrogen) atoms. The topological polar surface area (TPSA) is 203 Å². The summed E-state index contributed by atoms with van der Waals surface area (Å²) in [5.41, 5.74) is 10.4. The van der Waals surface area contributed by atoms with E-state index in [9.17, 15) is 42.6 Å². The van der Waals surface area contributed by atoms with Crippen LogP contribution in [0.15, 0.2) is 193 Å². The van der Waals surface area contributed by atoms with E-state index in [1.54, 1.807) is 60.6 Å². The number of likely N-dealkylation sites (N-methyl/N-ethyl adjacent to an activating group) is 1. The van der Waals surface area contributed by atoms with Gasteiger partial charge >= 0.3 is 0 Å². The average molecular weight is 1390 g/mol. The van der Waals surface area contributed by atoms with Crippen molar-refractivity contribution in [3.8, 4) is 33.8 Å². The maximum absolute atomic E-state index is 14.3. The number of hydrogen-bond donors (Lipinski definition) is 6. The molecule has 1 saturated heterocycles. The van der Waals surface area contributed by atoms with Crippen LogP contribution in [0.1, 0.15) is 127 Å². The maximum atomic E-state index is 14.3. The van der Waals surface area contributed by atoms with E-state index >= 15 is 0 Å². The van der Waals surface area contributed by atoms with Crippen LogP contribution in [-0.4, -0.2) is 77.9 Å². The first-order valence-corrected chi connectivity index (χ1v) is 35.8. The summed E-state index contributed by atoms with van der Waals surface area (Å²) in [6, 6.07) is 53.6. The Hall–Kier alpha value is -10.2. The molecule has 3 fully saturated rings. The van der Waals surface area contributed by atoms with E-state index in [2.05, 4.69) is 66.2 Å². The van der Waals surface area contributed by atoms with Gasteiger partial charge < -0.3 is 30.7 Å². The van der Waals surface area contributed by atoms with Gasteiger partial charge in [0.1, 0.15) is 17.5 Å². The summed E-state index contributed by atoms with van der Waals surface area (Å²) in [6.45, 7) is 7.94. The molecule has 3 aromatic heterocycles. The van der Waals surface area contributed by atoms with Crippen LogP contribution in [0.5, 0.6) is 0 Å². The minimum absolute atomic E-state index is 0.0283. The molecule has 9 aromatic carbocycles. The number of benzene rings is 9. The van der Waals surface area contributed by atoms with Crippen LogP contribution in [0, 0.1) is 40.6 Å². The number of imidazole rings is 1. The minimum Gasteiger partial charge on any atom is -0.392 e. The number of fused-ring (bicyclic) bond motifs is 9. The number of carbonyl (C=O) groups is 4. The molecule has 11 unspecified atom stereocenters.